The van der Waals surface area contributed by atoms with Gasteiger partial charge in [0.05, 0.1) is 6.33 Å². The Morgan fingerprint density at radius 1 is 1.50 bits per heavy atom. The molecule has 1 atom stereocenters. The van der Waals surface area contributed by atoms with Crippen LogP contribution in [0.15, 0.2) is 11.9 Å². The molecule has 0 aromatic carbocycles. The van der Waals surface area contributed by atoms with Crippen molar-refractivity contribution in [1.29, 1.82) is 0 Å². The van der Waals surface area contributed by atoms with Crippen LogP contribution in [0.5, 0.6) is 0 Å². The molecule has 0 aliphatic carbocycles. The second-order valence-electron chi connectivity index (χ2n) is 4.05. The molecule has 1 unspecified atom stereocenters. The van der Waals surface area contributed by atoms with Crippen LogP contribution >= 0.6 is 0 Å². The van der Waals surface area contributed by atoms with Crippen molar-refractivity contribution >= 4 is 0 Å². The van der Waals surface area contributed by atoms with Gasteiger partial charge in [-0.25, -0.2) is 4.39 Å². The Kier molecular flexibility index (Phi) is 4.11. The van der Waals surface area contributed by atoms with Gasteiger partial charge in [-0.3, -0.25) is 4.90 Å². The maximum absolute atomic E-state index is 12.3. The summed E-state index contributed by atoms with van der Waals surface area (Å²) < 4.78 is 12.3. The molecule has 1 nitrogen and oxygen atoms in total. The largest absolute Gasteiger partial charge is 0.293 e. The molecule has 2 rings (SSSR count). The van der Waals surface area contributed by atoms with E-state index in [4.69, 9.17) is 0 Å². The first-order chi connectivity index (χ1) is 6.80. The molecule has 0 bridgehead atoms. The van der Waals surface area contributed by atoms with Crippen LogP contribution in [0.25, 0.3) is 0 Å². The highest BCUT2D eigenvalue weighted by Gasteiger charge is 2.44. The molecule has 0 aromatic heterocycles. The lowest BCUT2D eigenvalue weighted by Crippen LogP contribution is -2.37. The zero-order chi connectivity index (χ0) is 10.6. The molecule has 0 amide bonds. The average molecular weight is 199 g/mol. The Hall–Kier alpha value is -0.370. The Labute approximate surface area is 87.0 Å². The van der Waals surface area contributed by atoms with Gasteiger partial charge in [-0.2, -0.15) is 0 Å². The summed E-state index contributed by atoms with van der Waals surface area (Å²) in [5, 5.41) is 0. The van der Waals surface area contributed by atoms with Crippen LogP contribution in [0, 0.1) is 0 Å². The predicted molar refractivity (Wildman–Crippen MR) is 59.0 cm³/mol. The quantitative estimate of drug-likeness (QED) is 0.624. The normalized spacial score (nSPS) is 34.1. The third kappa shape index (κ3) is 1.85. The Bertz CT molecular complexity index is 212. The fraction of sp³-hybridized carbons (Fsp3) is 0.833. The highest BCUT2D eigenvalue weighted by Crippen LogP contribution is 2.43. The van der Waals surface area contributed by atoms with E-state index in [-0.39, 0.29) is 0 Å². The van der Waals surface area contributed by atoms with Gasteiger partial charge < -0.3 is 0 Å². The second kappa shape index (κ2) is 4.92. The number of nitrogens with zero attached hydrogens (tertiary/aromatic N) is 1. The van der Waals surface area contributed by atoms with Gasteiger partial charge in [-0.05, 0) is 37.8 Å². The first-order valence-electron chi connectivity index (χ1n) is 5.84. The summed E-state index contributed by atoms with van der Waals surface area (Å²) in [5.74, 6) is 0. The van der Waals surface area contributed by atoms with Crippen molar-refractivity contribution in [2.45, 2.75) is 52.0 Å². The van der Waals surface area contributed by atoms with Crippen molar-refractivity contribution in [1.82, 2.24) is 4.90 Å². The Morgan fingerprint density at radius 2 is 2.21 bits per heavy atom. The van der Waals surface area contributed by atoms with Gasteiger partial charge in [0.25, 0.3) is 0 Å². The molecule has 0 radical (unpaired) electrons. The van der Waals surface area contributed by atoms with Crippen molar-refractivity contribution in [3.8, 4) is 0 Å². The van der Waals surface area contributed by atoms with Crippen LogP contribution in [0.2, 0.25) is 0 Å². The summed E-state index contributed by atoms with van der Waals surface area (Å²) >= 11 is 0. The van der Waals surface area contributed by atoms with E-state index < -0.39 is 0 Å². The summed E-state index contributed by atoms with van der Waals surface area (Å²) in [4.78, 5) is 2.46. The number of hydrogen-bond acceptors (Lipinski definition) is 1. The molecule has 2 aliphatic heterocycles. The van der Waals surface area contributed by atoms with Gasteiger partial charge >= 0.3 is 0 Å². The second-order valence-corrected chi connectivity index (χ2v) is 4.05. The molecule has 0 saturated carbocycles. The van der Waals surface area contributed by atoms with Crippen LogP contribution in [0.1, 0.15) is 46.5 Å². The molecule has 14 heavy (non-hydrogen) atoms. The number of fused-ring (bicyclic) bond motifs is 1. The van der Waals surface area contributed by atoms with E-state index in [2.05, 4.69) is 11.8 Å². The Balaban J connectivity index is 0.000000461. The highest BCUT2D eigenvalue weighted by molar-refractivity contribution is 5.18. The van der Waals surface area contributed by atoms with Crippen LogP contribution in [0.3, 0.4) is 0 Å². The molecule has 2 aliphatic rings. The van der Waals surface area contributed by atoms with E-state index >= 15 is 0 Å². The van der Waals surface area contributed by atoms with E-state index in [0.29, 0.717) is 5.54 Å². The SMILES string of the molecule is CC.CCC12CCCN1C/C(=C\F)C2. The molecule has 0 spiro atoms. The molecule has 0 N–H and O–H groups in total. The molecule has 82 valence electrons. The topological polar surface area (TPSA) is 3.24 Å². The standard InChI is InChI=1S/C10H16FN.C2H6/c1-2-10-4-3-5-12(10)8-9(6-10)7-11;1-2/h7H,2-6,8H2,1H3;1-2H3/b9-7-;. The predicted octanol–water partition coefficient (Wildman–Crippen LogP) is 3.51. The summed E-state index contributed by atoms with van der Waals surface area (Å²) in [5.41, 5.74) is 1.34. The summed E-state index contributed by atoms with van der Waals surface area (Å²) in [6, 6.07) is 0. The zero-order valence-electron chi connectivity index (χ0n) is 9.65. The van der Waals surface area contributed by atoms with Crippen molar-refractivity contribution in [2.75, 3.05) is 13.1 Å². The minimum absolute atomic E-state index is 0.345. The minimum Gasteiger partial charge on any atom is -0.293 e. The smallest absolute Gasteiger partial charge is 0.0872 e. The van der Waals surface area contributed by atoms with Crippen LogP contribution < -0.4 is 0 Å². The number of halogens is 1. The van der Waals surface area contributed by atoms with E-state index in [9.17, 15) is 4.39 Å². The number of rotatable bonds is 1. The van der Waals surface area contributed by atoms with Crippen molar-refractivity contribution in [3.05, 3.63) is 11.9 Å². The van der Waals surface area contributed by atoms with E-state index in [1.165, 1.54) is 25.8 Å². The molecular formula is C12H22FN. The molecule has 2 heteroatoms. The molecule has 2 saturated heterocycles. The monoisotopic (exact) mass is 199 g/mol. The molecule has 0 aromatic rings. The van der Waals surface area contributed by atoms with E-state index in [0.717, 1.165) is 24.9 Å². The highest BCUT2D eigenvalue weighted by atomic mass is 19.1. The van der Waals surface area contributed by atoms with Gasteiger partial charge in [-0.1, -0.05) is 20.8 Å². The van der Waals surface area contributed by atoms with Crippen molar-refractivity contribution in [3.63, 3.8) is 0 Å². The third-order valence-corrected chi connectivity index (χ3v) is 3.50. The van der Waals surface area contributed by atoms with Gasteiger partial charge in [0.1, 0.15) is 0 Å². The summed E-state index contributed by atoms with van der Waals surface area (Å²) in [6.45, 7) is 8.27. The van der Waals surface area contributed by atoms with E-state index in [1.807, 2.05) is 13.8 Å². The van der Waals surface area contributed by atoms with Crippen LogP contribution in [-0.2, 0) is 0 Å². The molecule has 2 heterocycles. The first kappa shape index (κ1) is 11.7. The average Bonchev–Trinajstić information content (AvgIpc) is 2.76. The summed E-state index contributed by atoms with van der Waals surface area (Å²) in [7, 11) is 0. The lowest BCUT2D eigenvalue weighted by atomic mass is 9.90. The van der Waals surface area contributed by atoms with Crippen LogP contribution in [0.4, 0.5) is 4.39 Å². The zero-order valence-corrected chi connectivity index (χ0v) is 9.65. The van der Waals surface area contributed by atoms with Crippen LogP contribution in [-0.4, -0.2) is 23.5 Å². The molecular weight excluding hydrogens is 177 g/mol. The van der Waals surface area contributed by atoms with Gasteiger partial charge in [0.2, 0.25) is 0 Å². The lowest BCUT2D eigenvalue weighted by molar-refractivity contribution is 0.189. The minimum atomic E-state index is 0.345. The summed E-state index contributed by atoms with van der Waals surface area (Å²) in [6.07, 6.45) is 5.52. The fourth-order valence-electron chi connectivity index (χ4n) is 2.76. The first-order valence-corrected chi connectivity index (χ1v) is 5.84. The Morgan fingerprint density at radius 3 is 2.71 bits per heavy atom. The maximum atomic E-state index is 12.3. The van der Waals surface area contributed by atoms with Crippen molar-refractivity contribution < 1.29 is 4.39 Å². The van der Waals surface area contributed by atoms with Gasteiger partial charge in [0, 0.05) is 12.1 Å². The fourth-order valence-corrected chi connectivity index (χ4v) is 2.76. The van der Waals surface area contributed by atoms with Crippen molar-refractivity contribution in [2.24, 2.45) is 0 Å². The van der Waals surface area contributed by atoms with E-state index in [1.54, 1.807) is 0 Å². The van der Waals surface area contributed by atoms with Gasteiger partial charge in [-0.15, -0.1) is 0 Å². The molecule has 2 fully saturated rings. The maximum Gasteiger partial charge on any atom is 0.0872 e. The van der Waals surface area contributed by atoms with Gasteiger partial charge in [0.15, 0.2) is 0 Å². The lowest BCUT2D eigenvalue weighted by Gasteiger charge is -2.29. The number of hydrogen-bond donors (Lipinski definition) is 0. The third-order valence-electron chi connectivity index (χ3n) is 3.50.